The summed E-state index contributed by atoms with van der Waals surface area (Å²) < 4.78 is 65.7. The van der Waals surface area contributed by atoms with Crippen molar-refractivity contribution >= 4 is 19.7 Å². The first kappa shape index (κ1) is 26.6. The molecule has 0 fully saturated rings. The number of aromatic hydroxyl groups is 1. The molecule has 0 atom stereocenters. The molecule has 5 aromatic rings. The summed E-state index contributed by atoms with van der Waals surface area (Å²) in [6, 6.07) is 30.6. The van der Waals surface area contributed by atoms with Gasteiger partial charge in [0.1, 0.15) is 40.3 Å². The lowest BCUT2D eigenvalue weighted by molar-refractivity contribution is 0.297. The minimum Gasteiger partial charge on any atom is -0.508 e. The Morgan fingerprint density at radius 1 is 0.634 bits per heavy atom. The van der Waals surface area contributed by atoms with Gasteiger partial charge < -0.3 is 14.6 Å². The number of fused-ring (bicyclic) bond motifs is 4. The highest BCUT2D eigenvalue weighted by atomic mass is 32.2. The molecule has 7 rings (SSSR count). The third kappa shape index (κ3) is 5.05. The van der Waals surface area contributed by atoms with Gasteiger partial charge in [-0.1, -0.05) is 48.5 Å². The number of hydrogen-bond donors (Lipinski definition) is 1. The summed E-state index contributed by atoms with van der Waals surface area (Å²) in [6.07, 6.45) is 0. The van der Waals surface area contributed by atoms with Crippen LogP contribution in [0.1, 0.15) is 11.1 Å². The molecule has 0 spiro atoms. The van der Waals surface area contributed by atoms with E-state index in [-0.39, 0.29) is 50.0 Å². The Kier molecular flexibility index (Phi) is 6.76. The second-order valence-corrected chi connectivity index (χ2v) is 13.3. The number of hydrogen-bond acceptors (Lipinski definition) is 7. The number of rotatable bonds is 3. The second kappa shape index (κ2) is 10.4. The lowest BCUT2D eigenvalue weighted by atomic mass is 9.97. The van der Waals surface area contributed by atoms with E-state index < -0.39 is 19.7 Å². The molecule has 2 bridgehead atoms. The third-order valence-electron chi connectivity index (χ3n) is 6.85. The molecule has 7 nitrogen and oxygen atoms in total. The summed E-state index contributed by atoms with van der Waals surface area (Å²) in [5.41, 5.74) is 3.14. The number of benzene rings is 5. The quantitative estimate of drug-likeness (QED) is 0.269. The number of para-hydroxylation sites is 2. The maximum atomic E-state index is 13.7. The van der Waals surface area contributed by atoms with Gasteiger partial charge in [0.2, 0.25) is 19.7 Å². The van der Waals surface area contributed by atoms with Gasteiger partial charge in [0, 0.05) is 0 Å². The molecule has 2 aliphatic heterocycles. The molecule has 0 aliphatic carbocycles. The summed E-state index contributed by atoms with van der Waals surface area (Å²) in [4.78, 5) is 0.287. The van der Waals surface area contributed by atoms with Crippen molar-refractivity contribution in [1.82, 2.24) is 0 Å². The van der Waals surface area contributed by atoms with E-state index in [1.807, 2.05) is 18.2 Å². The summed E-state index contributed by atoms with van der Waals surface area (Å²) in [5.74, 6) is 0.430. The van der Waals surface area contributed by atoms with E-state index in [0.717, 1.165) is 22.3 Å². The van der Waals surface area contributed by atoms with Crippen molar-refractivity contribution < 1.29 is 31.4 Å². The van der Waals surface area contributed by atoms with Gasteiger partial charge in [0.15, 0.2) is 0 Å². The van der Waals surface area contributed by atoms with E-state index in [2.05, 4.69) is 0 Å². The highest BCUT2D eigenvalue weighted by molar-refractivity contribution is 7.92. The summed E-state index contributed by atoms with van der Waals surface area (Å²) in [5, 5.41) is 9.52. The molecule has 0 saturated heterocycles. The third-order valence-corrected chi connectivity index (χ3v) is 10.5. The van der Waals surface area contributed by atoms with Crippen molar-refractivity contribution in [3.05, 3.63) is 126 Å². The van der Waals surface area contributed by atoms with Crippen LogP contribution < -0.4 is 9.47 Å². The molecule has 5 aromatic carbocycles. The van der Waals surface area contributed by atoms with Crippen molar-refractivity contribution in [1.29, 1.82) is 0 Å². The molecule has 2 heterocycles. The van der Waals surface area contributed by atoms with Crippen LogP contribution in [-0.4, -0.2) is 21.9 Å². The molecule has 1 N–H and O–H groups in total. The van der Waals surface area contributed by atoms with Crippen molar-refractivity contribution in [2.75, 3.05) is 0 Å². The summed E-state index contributed by atoms with van der Waals surface area (Å²) >= 11 is 0. The molecule has 2 aliphatic rings. The Labute approximate surface area is 238 Å². The maximum Gasteiger partial charge on any atom is 0.213 e. The Hall–Kier alpha value is -4.60. The average Bonchev–Trinajstić information content (AvgIpc) is 3.00. The Morgan fingerprint density at radius 2 is 1.17 bits per heavy atom. The van der Waals surface area contributed by atoms with Crippen LogP contribution in [0.2, 0.25) is 0 Å². The molecule has 0 amide bonds. The van der Waals surface area contributed by atoms with Gasteiger partial charge in [-0.2, -0.15) is 0 Å². The largest absolute Gasteiger partial charge is 0.508 e. The van der Waals surface area contributed by atoms with E-state index in [0.29, 0.717) is 0 Å². The molecule has 0 unspecified atom stereocenters. The predicted octanol–water partition coefficient (Wildman–Crippen LogP) is 6.20. The van der Waals surface area contributed by atoms with E-state index in [1.165, 1.54) is 48.5 Å². The van der Waals surface area contributed by atoms with E-state index in [1.54, 1.807) is 48.5 Å². The van der Waals surface area contributed by atoms with Crippen LogP contribution >= 0.6 is 0 Å². The van der Waals surface area contributed by atoms with E-state index in [4.69, 9.17) is 9.47 Å². The molecular weight excluding hydrogens is 560 g/mol. The van der Waals surface area contributed by atoms with E-state index in [9.17, 15) is 21.9 Å². The molecule has 206 valence electrons. The summed E-state index contributed by atoms with van der Waals surface area (Å²) in [7, 11) is -7.72. The topological polar surface area (TPSA) is 107 Å². The molecule has 0 aromatic heterocycles. The first-order valence-electron chi connectivity index (χ1n) is 12.7. The normalized spacial score (nSPS) is 14.2. The Balaban J connectivity index is 1.42. The van der Waals surface area contributed by atoms with E-state index >= 15 is 0 Å². The van der Waals surface area contributed by atoms with Gasteiger partial charge in [0.05, 0.1) is 9.79 Å². The average molecular weight is 585 g/mol. The Morgan fingerprint density at radius 3 is 1.78 bits per heavy atom. The first-order chi connectivity index (χ1) is 19.7. The van der Waals surface area contributed by atoms with Gasteiger partial charge in [-0.25, -0.2) is 16.8 Å². The van der Waals surface area contributed by atoms with Crippen molar-refractivity contribution in [2.24, 2.45) is 0 Å². The standard InChI is InChI=1S/C32H24O7S2/c33-25-13-17-27(18-14-25)40(34,35)26-15-11-23(12-16-26)28-19-22-9-10-24(28)21-39-30-6-2-4-8-32(30)41(36,37)31-7-3-1-5-29(31)38-20-22/h1-19,33H,20-21H2. The number of ether oxygens (including phenoxy) is 2. The van der Waals surface area contributed by atoms with Crippen LogP contribution in [0.15, 0.2) is 135 Å². The fourth-order valence-electron chi connectivity index (χ4n) is 4.70. The number of phenolic OH excluding ortho intramolecular Hbond substituents is 1. The predicted molar refractivity (Wildman–Crippen MR) is 152 cm³/mol. The molecule has 9 heteroatoms. The van der Waals surface area contributed by atoms with Crippen LogP contribution in [-0.2, 0) is 32.9 Å². The van der Waals surface area contributed by atoms with Crippen molar-refractivity contribution in [3.63, 3.8) is 0 Å². The SMILES string of the molecule is O=S(=O)(c1ccc(O)cc1)c1ccc(-c2cc3ccc2COc2ccccc2S(=O)(=O)c2ccccc2OC3)cc1. The van der Waals surface area contributed by atoms with Crippen LogP contribution in [0.4, 0.5) is 0 Å². The fraction of sp³-hybridized carbons (Fsp3) is 0.0625. The molecule has 0 radical (unpaired) electrons. The summed E-state index contributed by atoms with van der Waals surface area (Å²) in [6.45, 7) is 0.202. The van der Waals surface area contributed by atoms with Crippen LogP contribution in [0.25, 0.3) is 11.1 Å². The minimum atomic E-state index is -3.94. The monoisotopic (exact) mass is 584 g/mol. The van der Waals surface area contributed by atoms with Gasteiger partial charge in [-0.05, 0) is 89.0 Å². The lowest BCUT2D eigenvalue weighted by Gasteiger charge is -2.15. The number of phenols is 1. The zero-order chi connectivity index (χ0) is 28.6. The van der Waals surface area contributed by atoms with Crippen LogP contribution in [0, 0.1) is 0 Å². The van der Waals surface area contributed by atoms with Crippen molar-refractivity contribution in [2.45, 2.75) is 32.8 Å². The minimum absolute atomic E-state index is 0.0167. The van der Waals surface area contributed by atoms with Gasteiger partial charge in [-0.15, -0.1) is 0 Å². The van der Waals surface area contributed by atoms with Crippen molar-refractivity contribution in [3.8, 4) is 28.4 Å². The Bertz CT molecular complexity index is 1960. The maximum absolute atomic E-state index is 13.7. The number of sulfone groups is 2. The first-order valence-corrected chi connectivity index (χ1v) is 15.7. The van der Waals surface area contributed by atoms with Gasteiger partial charge in [0.25, 0.3) is 0 Å². The van der Waals surface area contributed by atoms with Gasteiger partial charge >= 0.3 is 0 Å². The smallest absolute Gasteiger partial charge is 0.213 e. The molecule has 41 heavy (non-hydrogen) atoms. The van der Waals surface area contributed by atoms with Crippen LogP contribution in [0.5, 0.6) is 17.2 Å². The zero-order valence-corrected chi connectivity index (χ0v) is 23.2. The lowest BCUT2D eigenvalue weighted by Crippen LogP contribution is -2.07. The van der Waals surface area contributed by atoms with Gasteiger partial charge in [-0.3, -0.25) is 0 Å². The highest BCUT2D eigenvalue weighted by Gasteiger charge is 2.26. The molecular formula is C32H24O7S2. The fourth-order valence-corrected chi connectivity index (χ4v) is 7.50. The zero-order valence-electron chi connectivity index (χ0n) is 21.6. The second-order valence-electron chi connectivity index (χ2n) is 9.49. The molecule has 0 saturated carbocycles. The van der Waals surface area contributed by atoms with Crippen LogP contribution in [0.3, 0.4) is 0 Å². The highest BCUT2D eigenvalue weighted by Crippen LogP contribution is 2.36.